The summed E-state index contributed by atoms with van der Waals surface area (Å²) in [7, 11) is 1.47. The van der Waals surface area contributed by atoms with E-state index in [0.717, 1.165) is 25.0 Å². The molecular formula is C27H28F3N3O4. The molecule has 4 rings (SSSR count). The lowest BCUT2D eigenvalue weighted by Crippen LogP contribution is -2.44. The Morgan fingerprint density at radius 3 is 2.51 bits per heavy atom. The third-order valence-electron chi connectivity index (χ3n) is 6.28. The Morgan fingerprint density at radius 1 is 1.14 bits per heavy atom. The molecule has 37 heavy (non-hydrogen) atoms. The van der Waals surface area contributed by atoms with Gasteiger partial charge in [-0.15, -0.1) is 0 Å². The number of hydrogen-bond donors (Lipinski definition) is 0. The van der Waals surface area contributed by atoms with Crippen molar-refractivity contribution in [2.45, 2.75) is 39.3 Å². The van der Waals surface area contributed by atoms with Gasteiger partial charge >= 0.3 is 0 Å². The van der Waals surface area contributed by atoms with E-state index in [2.05, 4.69) is 9.97 Å². The fraction of sp³-hybridized carbons (Fsp3) is 0.370. The van der Waals surface area contributed by atoms with Crippen LogP contribution in [0.25, 0.3) is 11.3 Å². The number of methoxy groups -OCH3 is 1. The number of nitrogens with zero attached hydrogens (tertiary/aromatic N) is 3. The molecule has 10 heteroatoms. The van der Waals surface area contributed by atoms with Gasteiger partial charge < -0.3 is 14.2 Å². The molecule has 3 aromatic rings. The molecule has 1 aromatic carbocycles. The highest BCUT2D eigenvalue weighted by atomic mass is 19.1. The fourth-order valence-corrected chi connectivity index (χ4v) is 4.19. The standard InChI is InChI=1S/C27H28F3N3O4/c1-16-17(2)25(27(34)33(18-7-6-9-31-15-18)22-8-4-5-10-37-22)32-26(24(16)30)23-20(28)13-19(14-21(23)29)36-12-11-35-3/h6-7,9,13-15,22H,4-5,8,10-12H2,1-3H3. The quantitative estimate of drug-likeness (QED) is 0.375. The highest BCUT2D eigenvalue weighted by Crippen LogP contribution is 2.34. The number of benzene rings is 1. The van der Waals surface area contributed by atoms with Gasteiger partial charge in [0.2, 0.25) is 0 Å². The second-order valence-electron chi connectivity index (χ2n) is 8.68. The van der Waals surface area contributed by atoms with E-state index in [4.69, 9.17) is 14.2 Å². The molecule has 0 saturated carbocycles. The number of carbonyl (C=O) groups is 1. The first-order chi connectivity index (χ1) is 17.8. The summed E-state index contributed by atoms with van der Waals surface area (Å²) in [6, 6.07) is 5.28. The van der Waals surface area contributed by atoms with Crippen LogP contribution in [0.5, 0.6) is 5.75 Å². The van der Waals surface area contributed by atoms with Crippen molar-refractivity contribution in [3.8, 4) is 17.0 Å². The Kier molecular flexibility index (Phi) is 8.40. The molecule has 7 nitrogen and oxygen atoms in total. The maximum absolute atomic E-state index is 15.4. The van der Waals surface area contributed by atoms with Crippen LogP contribution in [0.1, 0.15) is 40.9 Å². The first-order valence-electron chi connectivity index (χ1n) is 12.0. The van der Waals surface area contributed by atoms with Gasteiger partial charge in [0.15, 0.2) is 5.82 Å². The Hall–Kier alpha value is -3.50. The van der Waals surface area contributed by atoms with Gasteiger partial charge in [-0.25, -0.2) is 18.2 Å². The van der Waals surface area contributed by atoms with Crippen molar-refractivity contribution in [2.75, 3.05) is 31.8 Å². The highest BCUT2D eigenvalue weighted by molar-refractivity contribution is 6.06. The van der Waals surface area contributed by atoms with Gasteiger partial charge in [0.25, 0.3) is 5.91 Å². The summed E-state index contributed by atoms with van der Waals surface area (Å²) in [4.78, 5) is 23.6. The molecule has 1 fully saturated rings. The molecule has 1 aliphatic rings. The van der Waals surface area contributed by atoms with Crippen molar-refractivity contribution < 1.29 is 32.2 Å². The van der Waals surface area contributed by atoms with E-state index in [9.17, 15) is 4.79 Å². The number of amides is 1. The monoisotopic (exact) mass is 515 g/mol. The minimum atomic E-state index is -1.07. The summed E-state index contributed by atoms with van der Waals surface area (Å²) >= 11 is 0. The second kappa shape index (κ2) is 11.7. The van der Waals surface area contributed by atoms with Crippen LogP contribution in [0.4, 0.5) is 18.9 Å². The third kappa shape index (κ3) is 5.60. The largest absolute Gasteiger partial charge is 0.491 e. The third-order valence-corrected chi connectivity index (χ3v) is 6.28. The SMILES string of the molecule is COCCOc1cc(F)c(-c2nc(C(=O)N(c3cccnc3)C3CCCCO3)c(C)c(C)c2F)c(F)c1. The minimum Gasteiger partial charge on any atom is -0.491 e. The zero-order valence-corrected chi connectivity index (χ0v) is 20.9. The molecular weight excluding hydrogens is 487 g/mol. The molecule has 3 heterocycles. The smallest absolute Gasteiger partial charge is 0.279 e. The number of halogens is 3. The molecule has 1 atom stereocenters. The molecule has 1 aliphatic heterocycles. The minimum absolute atomic E-state index is 0.0586. The van der Waals surface area contributed by atoms with Crippen LogP contribution in [0, 0.1) is 31.3 Å². The molecule has 2 aromatic heterocycles. The predicted molar refractivity (Wildman–Crippen MR) is 131 cm³/mol. The molecule has 1 amide bonds. The number of rotatable bonds is 8. The van der Waals surface area contributed by atoms with Crippen molar-refractivity contribution in [3.63, 3.8) is 0 Å². The zero-order chi connectivity index (χ0) is 26.5. The van der Waals surface area contributed by atoms with Crippen molar-refractivity contribution in [1.29, 1.82) is 0 Å². The Balaban J connectivity index is 1.79. The first-order valence-corrected chi connectivity index (χ1v) is 12.0. The molecule has 196 valence electrons. The van der Waals surface area contributed by atoms with Crippen molar-refractivity contribution >= 4 is 11.6 Å². The number of aromatic nitrogens is 2. The average Bonchev–Trinajstić information content (AvgIpc) is 2.90. The molecule has 1 unspecified atom stereocenters. The lowest BCUT2D eigenvalue weighted by Gasteiger charge is -2.34. The van der Waals surface area contributed by atoms with E-state index in [1.807, 2.05) is 0 Å². The van der Waals surface area contributed by atoms with E-state index in [-0.39, 0.29) is 35.8 Å². The van der Waals surface area contributed by atoms with Gasteiger partial charge in [-0.3, -0.25) is 14.7 Å². The van der Waals surface area contributed by atoms with E-state index in [0.29, 0.717) is 18.7 Å². The summed E-state index contributed by atoms with van der Waals surface area (Å²) in [6.45, 7) is 3.77. The normalized spacial score (nSPS) is 15.5. The number of ether oxygens (including phenoxy) is 3. The van der Waals surface area contributed by atoms with E-state index in [1.54, 1.807) is 25.3 Å². The summed E-state index contributed by atoms with van der Waals surface area (Å²) in [5, 5.41) is 0. The van der Waals surface area contributed by atoms with Crippen molar-refractivity contribution in [3.05, 3.63) is 70.9 Å². The topological polar surface area (TPSA) is 73.8 Å². The predicted octanol–water partition coefficient (Wildman–Crippen LogP) is 5.38. The van der Waals surface area contributed by atoms with Gasteiger partial charge in [-0.2, -0.15) is 0 Å². The van der Waals surface area contributed by atoms with Crippen LogP contribution >= 0.6 is 0 Å². The van der Waals surface area contributed by atoms with Gasteiger partial charge in [0, 0.05) is 32.0 Å². The van der Waals surface area contributed by atoms with Crippen LogP contribution in [0.15, 0.2) is 36.7 Å². The maximum Gasteiger partial charge on any atom is 0.279 e. The number of hydrogen-bond acceptors (Lipinski definition) is 6. The highest BCUT2D eigenvalue weighted by Gasteiger charge is 2.33. The lowest BCUT2D eigenvalue weighted by atomic mass is 10.0. The van der Waals surface area contributed by atoms with Crippen LogP contribution in [-0.4, -0.2) is 49.0 Å². The van der Waals surface area contributed by atoms with Crippen LogP contribution in [-0.2, 0) is 9.47 Å². The molecule has 1 saturated heterocycles. The molecule has 0 aliphatic carbocycles. The molecule has 0 radical (unpaired) electrons. The van der Waals surface area contributed by atoms with Crippen LogP contribution in [0.3, 0.4) is 0 Å². The number of pyridine rings is 2. The Labute approximate surface area is 213 Å². The maximum atomic E-state index is 15.4. The second-order valence-corrected chi connectivity index (χ2v) is 8.68. The molecule has 0 N–H and O–H groups in total. The molecule has 0 bridgehead atoms. The van der Waals surface area contributed by atoms with Crippen molar-refractivity contribution in [2.24, 2.45) is 0 Å². The summed E-state index contributed by atoms with van der Waals surface area (Å²) in [5.41, 5.74) is -0.624. The molecule has 0 spiro atoms. The number of carbonyl (C=O) groups excluding carboxylic acids is 1. The van der Waals surface area contributed by atoms with Gasteiger partial charge in [-0.1, -0.05) is 0 Å². The lowest BCUT2D eigenvalue weighted by molar-refractivity contribution is 0.0143. The van der Waals surface area contributed by atoms with Crippen molar-refractivity contribution in [1.82, 2.24) is 9.97 Å². The fourth-order valence-electron chi connectivity index (χ4n) is 4.19. The number of anilines is 1. The van der Waals surface area contributed by atoms with Gasteiger partial charge in [-0.05, 0) is 56.4 Å². The Morgan fingerprint density at radius 2 is 1.89 bits per heavy atom. The van der Waals surface area contributed by atoms with Crippen LogP contribution < -0.4 is 9.64 Å². The van der Waals surface area contributed by atoms with Gasteiger partial charge in [0.05, 0.1) is 24.1 Å². The van der Waals surface area contributed by atoms with Crippen LogP contribution in [0.2, 0.25) is 0 Å². The van der Waals surface area contributed by atoms with E-state index in [1.165, 1.54) is 25.1 Å². The van der Waals surface area contributed by atoms with Gasteiger partial charge in [0.1, 0.15) is 41.6 Å². The first kappa shape index (κ1) is 26.6. The zero-order valence-electron chi connectivity index (χ0n) is 20.9. The average molecular weight is 516 g/mol. The van der Waals surface area contributed by atoms with E-state index < -0.39 is 40.8 Å². The van der Waals surface area contributed by atoms with E-state index >= 15 is 13.2 Å². The summed E-state index contributed by atoms with van der Waals surface area (Å²) in [6.07, 6.45) is 4.81. The summed E-state index contributed by atoms with van der Waals surface area (Å²) in [5.74, 6) is -3.71. The Bertz CT molecular complexity index is 1240. The summed E-state index contributed by atoms with van der Waals surface area (Å²) < 4.78 is 61.6.